The van der Waals surface area contributed by atoms with Crippen LogP contribution in [0.3, 0.4) is 0 Å². The van der Waals surface area contributed by atoms with Crippen LogP contribution >= 0.6 is 0 Å². The number of amides is 2. The van der Waals surface area contributed by atoms with Crippen molar-refractivity contribution in [3.63, 3.8) is 0 Å². The monoisotopic (exact) mass is 285 g/mol. The third-order valence-corrected chi connectivity index (χ3v) is 2.79. The van der Waals surface area contributed by atoms with E-state index in [2.05, 4.69) is 15.6 Å². The van der Waals surface area contributed by atoms with Crippen LogP contribution in [0.25, 0.3) is 0 Å². The number of hydrogen-bond acceptors (Lipinski definition) is 3. The summed E-state index contributed by atoms with van der Waals surface area (Å²) in [7, 11) is 0. The fraction of sp³-hybridized carbons (Fsp3) is 0.133. The second-order valence-electron chi connectivity index (χ2n) is 4.37. The van der Waals surface area contributed by atoms with Crippen molar-refractivity contribution in [3.05, 3.63) is 54.4 Å². The number of rotatable bonds is 5. The molecule has 0 aliphatic carbocycles. The summed E-state index contributed by atoms with van der Waals surface area (Å²) < 4.78 is 0. The van der Waals surface area contributed by atoms with E-state index in [1.54, 1.807) is 42.6 Å². The van der Waals surface area contributed by atoms with Crippen molar-refractivity contribution in [1.29, 1.82) is 0 Å². The lowest BCUT2D eigenvalue weighted by atomic mass is 10.1. The van der Waals surface area contributed by atoms with Gasteiger partial charge in [-0.2, -0.15) is 0 Å². The number of anilines is 2. The van der Waals surface area contributed by atoms with Gasteiger partial charge in [0.1, 0.15) is 0 Å². The summed E-state index contributed by atoms with van der Waals surface area (Å²) in [6, 6.07) is 10.2. The van der Waals surface area contributed by atoms with Gasteiger partial charge >= 0.3 is 12.0 Å². The average molecular weight is 285 g/mol. The lowest BCUT2D eigenvalue weighted by Crippen LogP contribution is -2.20. The number of carboxylic acids is 1. The van der Waals surface area contributed by atoms with Crippen molar-refractivity contribution in [2.45, 2.75) is 12.8 Å². The van der Waals surface area contributed by atoms with Gasteiger partial charge < -0.3 is 15.7 Å². The molecule has 1 heterocycles. The lowest BCUT2D eigenvalue weighted by Gasteiger charge is -2.11. The van der Waals surface area contributed by atoms with Gasteiger partial charge in [-0.05, 0) is 30.2 Å². The number of pyridine rings is 1. The lowest BCUT2D eigenvalue weighted by molar-refractivity contribution is -0.136. The third kappa shape index (κ3) is 4.61. The molecule has 0 atom stereocenters. The first-order valence-electron chi connectivity index (χ1n) is 6.43. The molecule has 0 aliphatic heterocycles. The number of para-hydroxylation sites is 1. The highest BCUT2D eigenvalue weighted by Gasteiger charge is 2.08. The van der Waals surface area contributed by atoms with Gasteiger partial charge in [-0.15, -0.1) is 0 Å². The fourth-order valence-electron chi connectivity index (χ4n) is 1.82. The number of urea groups is 1. The van der Waals surface area contributed by atoms with Crippen LogP contribution in [0.1, 0.15) is 12.0 Å². The number of carbonyl (C=O) groups is 2. The Hall–Kier alpha value is -2.89. The molecule has 108 valence electrons. The van der Waals surface area contributed by atoms with Crippen LogP contribution in [0, 0.1) is 0 Å². The second kappa shape index (κ2) is 7.04. The zero-order chi connectivity index (χ0) is 15.1. The minimum Gasteiger partial charge on any atom is -0.481 e. The highest BCUT2D eigenvalue weighted by molar-refractivity contribution is 6.00. The molecular weight excluding hydrogens is 270 g/mol. The summed E-state index contributed by atoms with van der Waals surface area (Å²) in [6.45, 7) is 0. The summed E-state index contributed by atoms with van der Waals surface area (Å²) in [5.41, 5.74) is 1.96. The van der Waals surface area contributed by atoms with Crippen LogP contribution in [-0.2, 0) is 11.2 Å². The average Bonchev–Trinajstić information content (AvgIpc) is 2.47. The first-order chi connectivity index (χ1) is 10.1. The predicted molar refractivity (Wildman–Crippen MR) is 79.3 cm³/mol. The summed E-state index contributed by atoms with van der Waals surface area (Å²) in [5, 5.41) is 14.1. The summed E-state index contributed by atoms with van der Waals surface area (Å²) in [4.78, 5) is 26.4. The Balaban J connectivity index is 2.01. The van der Waals surface area contributed by atoms with Crippen LogP contribution in [0.4, 0.5) is 16.2 Å². The van der Waals surface area contributed by atoms with Crippen molar-refractivity contribution < 1.29 is 14.7 Å². The van der Waals surface area contributed by atoms with Crippen molar-refractivity contribution in [2.24, 2.45) is 0 Å². The Labute approximate surface area is 121 Å². The number of nitrogens with one attached hydrogen (secondary N) is 2. The maximum Gasteiger partial charge on any atom is 0.323 e. The highest BCUT2D eigenvalue weighted by Crippen LogP contribution is 2.17. The maximum absolute atomic E-state index is 11.9. The quantitative estimate of drug-likeness (QED) is 0.787. The summed E-state index contributed by atoms with van der Waals surface area (Å²) >= 11 is 0. The maximum atomic E-state index is 11.9. The Morgan fingerprint density at radius 3 is 2.62 bits per heavy atom. The number of aromatic nitrogens is 1. The van der Waals surface area contributed by atoms with Crippen molar-refractivity contribution in [1.82, 2.24) is 4.98 Å². The summed E-state index contributed by atoms with van der Waals surface area (Å²) in [6.07, 6.45) is 3.53. The van der Waals surface area contributed by atoms with Crippen LogP contribution in [0.5, 0.6) is 0 Å². The molecule has 1 aromatic heterocycles. The van der Waals surface area contributed by atoms with Gasteiger partial charge in [0.05, 0.1) is 11.9 Å². The topological polar surface area (TPSA) is 91.3 Å². The smallest absolute Gasteiger partial charge is 0.323 e. The van der Waals surface area contributed by atoms with E-state index in [-0.39, 0.29) is 6.42 Å². The molecule has 0 radical (unpaired) electrons. The Bertz CT molecular complexity index is 629. The number of benzene rings is 1. The van der Waals surface area contributed by atoms with Gasteiger partial charge in [0.15, 0.2) is 0 Å². The standard InChI is InChI=1S/C15H15N3O3/c19-14(20)8-7-11-4-1-2-6-13(11)18-15(21)17-12-5-3-9-16-10-12/h1-6,9-10H,7-8H2,(H,19,20)(H2,17,18,21). The second-order valence-corrected chi connectivity index (χ2v) is 4.37. The van der Waals surface area contributed by atoms with Gasteiger partial charge in [0.25, 0.3) is 0 Å². The molecule has 0 aliphatic rings. The molecule has 2 rings (SSSR count). The highest BCUT2D eigenvalue weighted by atomic mass is 16.4. The predicted octanol–water partition coefficient (Wildman–Crippen LogP) is 2.74. The summed E-state index contributed by atoms with van der Waals surface area (Å²) in [5.74, 6) is -0.871. The van der Waals surface area contributed by atoms with E-state index in [0.717, 1.165) is 5.56 Å². The van der Waals surface area contributed by atoms with E-state index in [0.29, 0.717) is 17.8 Å². The number of aryl methyl sites for hydroxylation is 1. The minimum absolute atomic E-state index is 0.0168. The van der Waals surface area contributed by atoms with Crippen LogP contribution in [-0.4, -0.2) is 22.1 Å². The van der Waals surface area contributed by atoms with Crippen molar-refractivity contribution in [2.75, 3.05) is 10.6 Å². The molecule has 6 nitrogen and oxygen atoms in total. The molecule has 2 aromatic rings. The Morgan fingerprint density at radius 2 is 1.90 bits per heavy atom. The van der Waals surface area contributed by atoms with Gasteiger partial charge in [-0.3, -0.25) is 9.78 Å². The van der Waals surface area contributed by atoms with E-state index in [4.69, 9.17) is 5.11 Å². The molecule has 0 fully saturated rings. The van der Waals surface area contributed by atoms with E-state index < -0.39 is 12.0 Å². The van der Waals surface area contributed by atoms with Gasteiger partial charge in [0.2, 0.25) is 0 Å². The molecule has 3 N–H and O–H groups in total. The molecule has 21 heavy (non-hydrogen) atoms. The number of nitrogens with zero attached hydrogens (tertiary/aromatic N) is 1. The molecular formula is C15H15N3O3. The molecule has 6 heteroatoms. The molecule has 1 aromatic carbocycles. The van der Waals surface area contributed by atoms with E-state index in [1.165, 1.54) is 6.20 Å². The Morgan fingerprint density at radius 1 is 1.10 bits per heavy atom. The zero-order valence-corrected chi connectivity index (χ0v) is 11.2. The number of carbonyl (C=O) groups excluding carboxylic acids is 1. The van der Waals surface area contributed by atoms with Gasteiger partial charge in [0, 0.05) is 18.3 Å². The van der Waals surface area contributed by atoms with E-state index in [1.807, 2.05) is 0 Å². The molecule has 2 amide bonds. The largest absolute Gasteiger partial charge is 0.481 e. The molecule has 0 bridgehead atoms. The zero-order valence-electron chi connectivity index (χ0n) is 11.2. The third-order valence-electron chi connectivity index (χ3n) is 2.79. The molecule has 0 unspecified atom stereocenters. The normalized spacial score (nSPS) is 9.90. The molecule has 0 saturated carbocycles. The Kier molecular flexibility index (Phi) is 4.87. The van der Waals surface area contributed by atoms with Crippen LogP contribution < -0.4 is 10.6 Å². The first-order valence-corrected chi connectivity index (χ1v) is 6.43. The number of hydrogen-bond donors (Lipinski definition) is 3. The fourth-order valence-corrected chi connectivity index (χ4v) is 1.82. The van der Waals surface area contributed by atoms with Crippen LogP contribution in [0.2, 0.25) is 0 Å². The number of carboxylic acid groups (broad SMARTS) is 1. The minimum atomic E-state index is -0.871. The SMILES string of the molecule is O=C(O)CCc1ccccc1NC(=O)Nc1cccnc1. The molecule has 0 spiro atoms. The van der Waals surface area contributed by atoms with Gasteiger partial charge in [-0.25, -0.2) is 4.79 Å². The van der Waals surface area contributed by atoms with Gasteiger partial charge in [-0.1, -0.05) is 18.2 Å². The molecule has 0 saturated heterocycles. The van der Waals surface area contributed by atoms with Crippen molar-refractivity contribution >= 4 is 23.4 Å². The first kappa shape index (κ1) is 14.5. The van der Waals surface area contributed by atoms with E-state index >= 15 is 0 Å². The number of aliphatic carboxylic acids is 1. The van der Waals surface area contributed by atoms with Crippen molar-refractivity contribution in [3.8, 4) is 0 Å². The van der Waals surface area contributed by atoms with E-state index in [9.17, 15) is 9.59 Å². The van der Waals surface area contributed by atoms with Crippen LogP contribution in [0.15, 0.2) is 48.8 Å².